The molecule has 3 N–H and O–H groups in total. The maximum Gasteiger partial charge on any atom is 0.257 e. The molecule has 0 aliphatic carbocycles. The summed E-state index contributed by atoms with van der Waals surface area (Å²) in [5.74, 6) is 0.602. The van der Waals surface area contributed by atoms with E-state index in [0.717, 1.165) is 29.0 Å². The van der Waals surface area contributed by atoms with Crippen LogP contribution in [0.4, 0.5) is 5.69 Å². The fraction of sp³-hybridized carbons (Fsp3) is 0.278. The molecule has 0 aliphatic rings. The number of nitrogens with two attached hydrogens (primary N) is 1. The highest BCUT2D eigenvalue weighted by Crippen LogP contribution is 2.16. The van der Waals surface area contributed by atoms with Gasteiger partial charge in [-0.15, -0.1) is 12.4 Å². The third-order valence-electron chi connectivity index (χ3n) is 3.56. The second kappa shape index (κ2) is 9.06. The second-order valence-electron chi connectivity index (χ2n) is 5.38. The number of carbonyl (C=O) groups is 1. The van der Waals surface area contributed by atoms with Crippen LogP contribution in [0.2, 0.25) is 0 Å². The van der Waals surface area contributed by atoms with Gasteiger partial charge < -0.3 is 15.8 Å². The number of amides is 1. The summed E-state index contributed by atoms with van der Waals surface area (Å²) < 4.78 is 5.49. The minimum absolute atomic E-state index is 0. The first-order valence-electron chi connectivity index (χ1n) is 7.36. The maximum atomic E-state index is 11.8. The summed E-state index contributed by atoms with van der Waals surface area (Å²) in [4.78, 5) is 11.8. The van der Waals surface area contributed by atoms with Crippen molar-refractivity contribution in [3.63, 3.8) is 0 Å². The highest BCUT2D eigenvalue weighted by Gasteiger charge is 2.03. The van der Waals surface area contributed by atoms with Crippen LogP contribution in [0.3, 0.4) is 0 Å². The zero-order valence-corrected chi connectivity index (χ0v) is 14.3. The average Bonchev–Trinajstić information content (AvgIpc) is 2.50. The molecule has 23 heavy (non-hydrogen) atoms. The number of anilines is 1. The van der Waals surface area contributed by atoms with Gasteiger partial charge in [0.15, 0.2) is 6.61 Å². The lowest BCUT2D eigenvalue weighted by Gasteiger charge is -2.09. The van der Waals surface area contributed by atoms with Crippen LogP contribution in [0.1, 0.15) is 16.7 Å². The third kappa shape index (κ3) is 6.20. The molecule has 2 rings (SSSR count). The average molecular weight is 335 g/mol. The van der Waals surface area contributed by atoms with Gasteiger partial charge in [-0.1, -0.05) is 18.2 Å². The lowest BCUT2D eigenvalue weighted by molar-refractivity contribution is -0.123. The van der Waals surface area contributed by atoms with Gasteiger partial charge in [-0.2, -0.15) is 0 Å². The third-order valence-corrected chi connectivity index (χ3v) is 3.56. The highest BCUT2D eigenvalue weighted by molar-refractivity contribution is 5.85. The number of rotatable bonds is 6. The lowest BCUT2D eigenvalue weighted by Crippen LogP contribution is -2.30. The number of hydrogen-bond donors (Lipinski definition) is 2. The fourth-order valence-electron chi connectivity index (χ4n) is 2.03. The van der Waals surface area contributed by atoms with Gasteiger partial charge in [-0.05, 0) is 61.2 Å². The Morgan fingerprint density at radius 2 is 1.78 bits per heavy atom. The quantitative estimate of drug-likeness (QED) is 0.798. The minimum atomic E-state index is -0.117. The Morgan fingerprint density at radius 1 is 1.09 bits per heavy atom. The van der Waals surface area contributed by atoms with Gasteiger partial charge in [0.25, 0.3) is 5.91 Å². The van der Waals surface area contributed by atoms with Crippen LogP contribution in [-0.4, -0.2) is 19.1 Å². The van der Waals surface area contributed by atoms with Crippen molar-refractivity contribution in [2.45, 2.75) is 20.3 Å². The molecule has 0 radical (unpaired) electrons. The highest BCUT2D eigenvalue weighted by atomic mass is 35.5. The first-order valence-corrected chi connectivity index (χ1v) is 7.36. The molecule has 0 saturated heterocycles. The Labute approximate surface area is 143 Å². The van der Waals surface area contributed by atoms with Crippen LogP contribution < -0.4 is 15.8 Å². The second-order valence-corrected chi connectivity index (χ2v) is 5.38. The molecular weight excluding hydrogens is 312 g/mol. The molecule has 2 aromatic carbocycles. The van der Waals surface area contributed by atoms with Crippen molar-refractivity contribution < 1.29 is 9.53 Å². The van der Waals surface area contributed by atoms with Gasteiger partial charge in [0, 0.05) is 12.2 Å². The Hall–Kier alpha value is -2.20. The van der Waals surface area contributed by atoms with Crippen LogP contribution in [0.25, 0.3) is 0 Å². The number of aryl methyl sites for hydroxylation is 2. The van der Waals surface area contributed by atoms with Crippen molar-refractivity contribution in [2.24, 2.45) is 0 Å². The topological polar surface area (TPSA) is 64.3 Å². The predicted octanol–water partition coefficient (Wildman–Crippen LogP) is 3.05. The number of benzene rings is 2. The van der Waals surface area contributed by atoms with E-state index in [1.807, 2.05) is 56.3 Å². The normalized spacial score (nSPS) is 9.83. The molecule has 0 bridgehead atoms. The van der Waals surface area contributed by atoms with Gasteiger partial charge in [-0.25, -0.2) is 0 Å². The summed E-state index contributed by atoms with van der Waals surface area (Å²) in [6.45, 7) is 4.68. The molecule has 124 valence electrons. The number of carbonyl (C=O) groups excluding carboxylic acids is 1. The van der Waals surface area contributed by atoms with Crippen LogP contribution in [0.5, 0.6) is 5.75 Å². The van der Waals surface area contributed by atoms with E-state index >= 15 is 0 Å². The van der Waals surface area contributed by atoms with Crippen molar-refractivity contribution in [1.29, 1.82) is 0 Å². The zero-order chi connectivity index (χ0) is 15.9. The van der Waals surface area contributed by atoms with Gasteiger partial charge in [0.05, 0.1) is 0 Å². The molecule has 0 aliphatic heterocycles. The van der Waals surface area contributed by atoms with Crippen molar-refractivity contribution in [1.82, 2.24) is 5.32 Å². The molecular formula is C18H23ClN2O2. The summed E-state index contributed by atoms with van der Waals surface area (Å²) in [5.41, 5.74) is 9.88. The van der Waals surface area contributed by atoms with E-state index in [-0.39, 0.29) is 24.9 Å². The van der Waals surface area contributed by atoms with Crippen LogP contribution in [-0.2, 0) is 11.2 Å². The first-order chi connectivity index (χ1) is 10.5. The van der Waals surface area contributed by atoms with Crippen molar-refractivity contribution in [3.05, 3.63) is 59.2 Å². The van der Waals surface area contributed by atoms with E-state index in [1.165, 1.54) is 5.56 Å². The van der Waals surface area contributed by atoms with E-state index in [9.17, 15) is 4.79 Å². The van der Waals surface area contributed by atoms with Crippen molar-refractivity contribution in [2.75, 3.05) is 18.9 Å². The predicted molar refractivity (Wildman–Crippen MR) is 96.2 cm³/mol. The van der Waals surface area contributed by atoms with E-state index in [2.05, 4.69) is 5.32 Å². The smallest absolute Gasteiger partial charge is 0.257 e. The summed E-state index contributed by atoms with van der Waals surface area (Å²) in [6.07, 6.45) is 0.773. The minimum Gasteiger partial charge on any atom is -0.484 e. The van der Waals surface area contributed by atoms with Gasteiger partial charge in [0.2, 0.25) is 0 Å². The Morgan fingerprint density at radius 3 is 2.43 bits per heavy atom. The summed E-state index contributed by atoms with van der Waals surface area (Å²) in [7, 11) is 0. The van der Waals surface area contributed by atoms with Crippen molar-refractivity contribution in [3.8, 4) is 5.75 Å². The number of nitrogens with one attached hydrogen (secondary N) is 1. The molecule has 5 heteroatoms. The molecule has 0 saturated carbocycles. The van der Waals surface area contributed by atoms with E-state index in [1.54, 1.807) is 0 Å². The standard InChI is InChI=1S/C18H22N2O2.ClH/c1-13-3-8-17(11-14(13)2)22-12-18(21)20-10-9-15-4-6-16(19)7-5-15;/h3-8,11H,9-10,12,19H2,1-2H3,(H,20,21);1H. The molecule has 2 aromatic rings. The molecule has 4 nitrogen and oxygen atoms in total. The van der Waals surface area contributed by atoms with E-state index in [0.29, 0.717) is 6.54 Å². The number of nitrogen functional groups attached to an aromatic ring is 1. The first kappa shape index (κ1) is 18.8. The van der Waals surface area contributed by atoms with Crippen molar-refractivity contribution >= 4 is 24.0 Å². The van der Waals surface area contributed by atoms with E-state index in [4.69, 9.17) is 10.5 Å². The Kier molecular flexibility index (Phi) is 7.42. The van der Waals surface area contributed by atoms with Gasteiger partial charge in [-0.3, -0.25) is 4.79 Å². The summed E-state index contributed by atoms with van der Waals surface area (Å²) >= 11 is 0. The molecule has 0 aromatic heterocycles. The van der Waals surface area contributed by atoms with Crippen LogP contribution >= 0.6 is 12.4 Å². The SMILES string of the molecule is Cc1ccc(OCC(=O)NCCc2ccc(N)cc2)cc1C.Cl. The molecule has 1 amide bonds. The lowest BCUT2D eigenvalue weighted by atomic mass is 10.1. The van der Waals surface area contributed by atoms with Crippen LogP contribution in [0.15, 0.2) is 42.5 Å². The maximum absolute atomic E-state index is 11.8. The van der Waals surface area contributed by atoms with Crippen LogP contribution in [0, 0.1) is 13.8 Å². The largest absolute Gasteiger partial charge is 0.484 e. The Bertz CT molecular complexity index is 642. The molecule has 0 heterocycles. The van der Waals surface area contributed by atoms with Gasteiger partial charge >= 0.3 is 0 Å². The number of halogens is 1. The van der Waals surface area contributed by atoms with E-state index < -0.39 is 0 Å². The summed E-state index contributed by atoms with van der Waals surface area (Å²) in [6, 6.07) is 13.5. The Balaban J connectivity index is 0.00000264. The molecule has 0 spiro atoms. The fourth-order valence-corrected chi connectivity index (χ4v) is 2.03. The molecule has 0 fully saturated rings. The number of hydrogen-bond acceptors (Lipinski definition) is 3. The molecule has 0 atom stereocenters. The summed E-state index contributed by atoms with van der Waals surface area (Å²) in [5, 5.41) is 2.85. The van der Waals surface area contributed by atoms with Gasteiger partial charge in [0.1, 0.15) is 5.75 Å². The monoisotopic (exact) mass is 334 g/mol. The zero-order valence-electron chi connectivity index (χ0n) is 13.5. The number of ether oxygens (including phenoxy) is 1. The molecule has 0 unspecified atom stereocenters.